The molecule has 0 bridgehead atoms. The average Bonchev–Trinajstić information content (AvgIpc) is 3.29. The first-order valence-electron chi connectivity index (χ1n) is 12.0. The van der Waals surface area contributed by atoms with Crippen molar-refractivity contribution in [1.82, 2.24) is 0 Å². The van der Waals surface area contributed by atoms with Crippen LogP contribution in [0.3, 0.4) is 0 Å². The molecule has 1 aromatic heterocycles. The van der Waals surface area contributed by atoms with Crippen LogP contribution in [0.2, 0.25) is 0 Å². The number of benzene rings is 6. The highest BCUT2D eigenvalue weighted by molar-refractivity contribution is 7.26. The highest BCUT2D eigenvalue weighted by Crippen LogP contribution is 2.47. The Balaban J connectivity index is 1.62. The van der Waals surface area contributed by atoms with E-state index in [-0.39, 0.29) is 0 Å². The van der Waals surface area contributed by atoms with Gasteiger partial charge in [-0.2, -0.15) is 0 Å². The van der Waals surface area contributed by atoms with Crippen LogP contribution in [0.25, 0.3) is 41.7 Å². The van der Waals surface area contributed by atoms with Crippen molar-refractivity contribution in [2.45, 2.75) is 6.92 Å². The van der Waals surface area contributed by atoms with Gasteiger partial charge in [0.1, 0.15) is 0 Å². The van der Waals surface area contributed by atoms with Gasteiger partial charge in [0.15, 0.2) is 0 Å². The minimum absolute atomic E-state index is 1.16. The molecule has 6 aromatic carbocycles. The average molecular weight is 466 g/mol. The molecule has 1 nitrogen and oxygen atoms in total. The van der Waals surface area contributed by atoms with Gasteiger partial charge in [-0.05, 0) is 65.0 Å². The van der Waals surface area contributed by atoms with Gasteiger partial charge in [0.2, 0.25) is 0 Å². The number of nitrogens with zero attached hydrogens (tertiary/aromatic N) is 1. The number of thiophene rings is 1. The number of anilines is 3. The normalized spacial score (nSPS) is 11.6. The van der Waals surface area contributed by atoms with Crippen LogP contribution in [-0.2, 0) is 0 Å². The van der Waals surface area contributed by atoms with Gasteiger partial charge in [-0.15, -0.1) is 11.3 Å². The van der Waals surface area contributed by atoms with Crippen LogP contribution in [0.4, 0.5) is 17.1 Å². The zero-order valence-corrected chi connectivity index (χ0v) is 20.2. The second-order valence-corrected chi connectivity index (χ2v) is 10.2. The third kappa shape index (κ3) is 3.22. The van der Waals surface area contributed by atoms with Gasteiger partial charge in [0, 0.05) is 36.9 Å². The van der Waals surface area contributed by atoms with Crippen LogP contribution in [0, 0.1) is 6.92 Å². The van der Waals surface area contributed by atoms with Gasteiger partial charge in [-0.25, -0.2) is 0 Å². The largest absolute Gasteiger partial charge is 0.310 e. The summed E-state index contributed by atoms with van der Waals surface area (Å²) < 4.78 is 2.65. The molecule has 7 aromatic rings. The minimum atomic E-state index is 1.16. The lowest BCUT2D eigenvalue weighted by molar-refractivity contribution is 1.29. The Labute approximate surface area is 208 Å². The molecule has 166 valence electrons. The smallest absolute Gasteiger partial charge is 0.0554 e. The Morgan fingerprint density at radius 3 is 2.03 bits per heavy atom. The first-order chi connectivity index (χ1) is 17.3. The fraction of sp³-hybridized carbons (Fsp3) is 0.0303. The minimum Gasteiger partial charge on any atom is -0.310 e. The van der Waals surface area contributed by atoms with Crippen LogP contribution in [0.15, 0.2) is 121 Å². The number of hydrogen-bond acceptors (Lipinski definition) is 2. The van der Waals surface area contributed by atoms with Crippen LogP contribution in [0.1, 0.15) is 5.56 Å². The highest BCUT2D eigenvalue weighted by atomic mass is 32.1. The van der Waals surface area contributed by atoms with Crippen molar-refractivity contribution < 1.29 is 0 Å². The van der Waals surface area contributed by atoms with E-state index in [1.54, 1.807) is 0 Å². The molecule has 0 aliphatic heterocycles. The van der Waals surface area contributed by atoms with E-state index < -0.39 is 0 Å². The maximum Gasteiger partial charge on any atom is 0.0554 e. The zero-order valence-electron chi connectivity index (χ0n) is 19.4. The van der Waals surface area contributed by atoms with Crippen molar-refractivity contribution in [2.24, 2.45) is 0 Å². The summed E-state index contributed by atoms with van der Waals surface area (Å²) in [7, 11) is 0. The SMILES string of the molecule is Cc1cccc(N(c2ccccc2)c2cc3sc4ccc5ccccc5c4c3c3ccccc23)c1. The number of hydrogen-bond donors (Lipinski definition) is 0. The predicted molar refractivity (Wildman–Crippen MR) is 154 cm³/mol. The number of fused-ring (bicyclic) bond motifs is 7. The van der Waals surface area contributed by atoms with Gasteiger partial charge in [0.25, 0.3) is 0 Å². The monoisotopic (exact) mass is 465 g/mol. The Morgan fingerprint density at radius 2 is 1.20 bits per heavy atom. The Kier molecular flexibility index (Phi) is 4.61. The van der Waals surface area contributed by atoms with E-state index in [4.69, 9.17) is 0 Å². The second kappa shape index (κ2) is 7.97. The molecule has 0 aliphatic carbocycles. The summed E-state index contributed by atoms with van der Waals surface area (Å²) in [6.07, 6.45) is 0. The molecule has 1 heterocycles. The fourth-order valence-electron chi connectivity index (χ4n) is 5.34. The van der Waals surface area contributed by atoms with E-state index in [0.717, 1.165) is 5.69 Å². The maximum absolute atomic E-state index is 2.40. The topological polar surface area (TPSA) is 3.24 Å². The van der Waals surface area contributed by atoms with Crippen LogP contribution in [-0.4, -0.2) is 0 Å². The molecular weight excluding hydrogens is 442 g/mol. The van der Waals surface area contributed by atoms with Gasteiger partial charge >= 0.3 is 0 Å². The molecule has 0 spiro atoms. The summed E-state index contributed by atoms with van der Waals surface area (Å²) in [5, 5.41) is 7.91. The van der Waals surface area contributed by atoms with Crippen molar-refractivity contribution in [3.63, 3.8) is 0 Å². The Bertz CT molecular complexity index is 1860. The predicted octanol–water partition coefficient (Wildman–Crippen LogP) is 10.1. The van der Waals surface area contributed by atoms with E-state index in [9.17, 15) is 0 Å². The van der Waals surface area contributed by atoms with E-state index in [1.807, 2.05) is 11.3 Å². The summed E-state index contributed by atoms with van der Waals surface area (Å²) in [5.74, 6) is 0. The summed E-state index contributed by atoms with van der Waals surface area (Å²) >= 11 is 1.89. The van der Waals surface area contributed by atoms with Crippen molar-refractivity contribution in [1.29, 1.82) is 0 Å². The number of aryl methyl sites for hydroxylation is 1. The molecule has 7 rings (SSSR count). The second-order valence-electron chi connectivity index (χ2n) is 9.09. The van der Waals surface area contributed by atoms with Crippen LogP contribution >= 0.6 is 11.3 Å². The molecule has 2 heteroatoms. The van der Waals surface area contributed by atoms with E-state index in [2.05, 4.69) is 133 Å². The first kappa shape index (κ1) is 20.3. The standard InChI is InChI=1S/C33H23NS/c1-22-10-9-14-25(20-22)34(24-12-3-2-4-13-24)29-21-31-33(28-17-8-7-16-27(28)29)32-26-15-6-5-11-23(26)18-19-30(32)35-31/h2-21H,1H3. The third-order valence-corrected chi connectivity index (χ3v) is 7.96. The summed E-state index contributed by atoms with van der Waals surface area (Å²) in [6, 6.07) is 44.0. The van der Waals surface area contributed by atoms with Gasteiger partial charge in [0.05, 0.1) is 5.69 Å². The molecule has 0 atom stereocenters. The zero-order chi connectivity index (χ0) is 23.4. The lowest BCUT2D eigenvalue weighted by atomic mass is 9.98. The summed E-state index contributed by atoms with van der Waals surface area (Å²) in [5.41, 5.74) is 4.80. The van der Waals surface area contributed by atoms with Gasteiger partial charge in [-0.3, -0.25) is 0 Å². The van der Waals surface area contributed by atoms with Gasteiger partial charge in [-0.1, -0.05) is 84.9 Å². The molecule has 0 unspecified atom stereocenters. The lowest BCUT2D eigenvalue weighted by Gasteiger charge is -2.27. The maximum atomic E-state index is 2.40. The molecule has 0 saturated heterocycles. The molecule has 35 heavy (non-hydrogen) atoms. The molecule has 0 saturated carbocycles. The first-order valence-corrected chi connectivity index (χ1v) is 12.8. The number of rotatable bonds is 3. The van der Waals surface area contributed by atoms with E-state index in [1.165, 1.54) is 58.7 Å². The third-order valence-electron chi connectivity index (χ3n) is 6.86. The molecule has 0 N–H and O–H groups in total. The lowest BCUT2D eigenvalue weighted by Crippen LogP contribution is -2.10. The van der Waals surface area contributed by atoms with Crippen molar-refractivity contribution in [3.05, 3.63) is 127 Å². The Morgan fingerprint density at radius 1 is 0.514 bits per heavy atom. The van der Waals surface area contributed by atoms with Crippen LogP contribution in [0.5, 0.6) is 0 Å². The molecule has 0 amide bonds. The van der Waals surface area contributed by atoms with Gasteiger partial charge < -0.3 is 4.90 Å². The Hall–Kier alpha value is -4.14. The van der Waals surface area contributed by atoms with Crippen molar-refractivity contribution >= 4 is 70.1 Å². The van der Waals surface area contributed by atoms with Crippen LogP contribution < -0.4 is 4.90 Å². The highest BCUT2D eigenvalue weighted by Gasteiger charge is 2.20. The summed E-state index contributed by atoms with van der Waals surface area (Å²) in [4.78, 5) is 2.40. The molecule has 0 aliphatic rings. The quantitative estimate of drug-likeness (QED) is 0.251. The number of para-hydroxylation sites is 1. The molecule has 0 radical (unpaired) electrons. The van der Waals surface area contributed by atoms with Crippen molar-refractivity contribution in [2.75, 3.05) is 4.90 Å². The van der Waals surface area contributed by atoms with E-state index >= 15 is 0 Å². The van der Waals surface area contributed by atoms with E-state index in [0.29, 0.717) is 0 Å². The van der Waals surface area contributed by atoms with Crippen molar-refractivity contribution in [3.8, 4) is 0 Å². The molecular formula is C33H23NS. The fourth-order valence-corrected chi connectivity index (χ4v) is 6.51. The molecule has 0 fully saturated rings. The summed E-state index contributed by atoms with van der Waals surface area (Å²) in [6.45, 7) is 2.16.